The smallest absolute Gasteiger partial charge is 0.219 e. The second-order valence-corrected chi connectivity index (χ2v) is 4.47. The van der Waals surface area contributed by atoms with Crippen molar-refractivity contribution in [3.8, 4) is 11.5 Å². The number of aliphatic hydroxyl groups is 1. The molecule has 0 aliphatic carbocycles. The lowest BCUT2D eigenvalue weighted by molar-refractivity contribution is 0.280. The molecule has 0 bridgehead atoms. The van der Waals surface area contributed by atoms with Gasteiger partial charge in [0.25, 0.3) is 0 Å². The first-order valence-electron chi connectivity index (χ1n) is 6.56. The maximum atomic E-state index is 8.98. The molecule has 2 aromatic carbocycles. The molecule has 1 radical (unpaired) electrons. The van der Waals surface area contributed by atoms with Crippen LogP contribution in [0.15, 0.2) is 71.3 Å². The molecule has 0 unspecified atom stereocenters. The number of furan rings is 1. The van der Waals surface area contributed by atoms with Crippen LogP contribution in [0.5, 0.6) is 11.5 Å². The summed E-state index contributed by atoms with van der Waals surface area (Å²) in [6.07, 6.45) is 1.49. The number of nitrogens with zero attached hydrogens (tertiary/aromatic N) is 1. The Hall–Kier alpha value is -2.72. The van der Waals surface area contributed by atoms with Crippen LogP contribution in [0.1, 0.15) is 5.56 Å². The van der Waals surface area contributed by atoms with E-state index in [2.05, 4.69) is 5.32 Å². The fourth-order valence-corrected chi connectivity index (χ4v) is 1.84. The van der Waals surface area contributed by atoms with E-state index in [9.17, 15) is 0 Å². The lowest BCUT2D eigenvalue weighted by Crippen LogP contribution is -1.88. The zero-order chi connectivity index (χ0) is 14.5. The number of benzene rings is 2. The van der Waals surface area contributed by atoms with Crippen molar-refractivity contribution >= 4 is 11.6 Å². The third kappa shape index (κ3) is 3.43. The summed E-state index contributed by atoms with van der Waals surface area (Å²) in [4.78, 5) is 0. The molecule has 0 atom stereocenters. The van der Waals surface area contributed by atoms with E-state index < -0.39 is 0 Å². The summed E-state index contributed by atoms with van der Waals surface area (Å²) in [7, 11) is 0. The van der Waals surface area contributed by atoms with Gasteiger partial charge >= 0.3 is 0 Å². The van der Waals surface area contributed by atoms with Crippen molar-refractivity contribution in [2.75, 3.05) is 0 Å². The second kappa shape index (κ2) is 6.15. The van der Waals surface area contributed by atoms with Gasteiger partial charge in [0.1, 0.15) is 11.5 Å². The van der Waals surface area contributed by atoms with Gasteiger partial charge in [-0.25, -0.2) is 5.32 Å². The second-order valence-electron chi connectivity index (χ2n) is 4.47. The fraction of sp³-hybridized carbons (Fsp3) is 0.0588. The third-order valence-electron chi connectivity index (χ3n) is 2.88. The molecule has 0 amide bonds. The largest absolute Gasteiger partial charge is 0.457 e. The topological polar surface area (TPSA) is 56.7 Å². The fourth-order valence-electron chi connectivity index (χ4n) is 1.84. The molecular formula is C17H14NO3. The van der Waals surface area contributed by atoms with Crippen molar-refractivity contribution in [1.29, 1.82) is 0 Å². The predicted octanol–water partition coefficient (Wildman–Crippen LogP) is 4.13. The van der Waals surface area contributed by atoms with E-state index in [1.807, 2.05) is 54.6 Å². The van der Waals surface area contributed by atoms with Crippen LogP contribution in [0.25, 0.3) is 0 Å². The predicted molar refractivity (Wildman–Crippen MR) is 79.0 cm³/mol. The van der Waals surface area contributed by atoms with E-state index in [1.165, 1.54) is 6.26 Å². The highest BCUT2D eigenvalue weighted by atomic mass is 16.5. The van der Waals surface area contributed by atoms with Gasteiger partial charge in [0.15, 0.2) is 0 Å². The summed E-state index contributed by atoms with van der Waals surface area (Å²) in [6.45, 7) is -0.0527. The minimum atomic E-state index is -0.0527. The molecule has 0 saturated carbocycles. The quantitative estimate of drug-likeness (QED) is 0.764. The van der Waals surface area contributed by atoms with Gasteiger partial charge in [0.05, 0.1) is 18.6 Å². The highest BCUT2D eigenvalue weighted by Gasteiger charge is 2.04. The first-order valence-corrected chi connectivity index (χ1v) is 6.56. The molecule has 4 nitrogen and oxygen atoms in total. The van der Waals surface area contributed by atoms with E-state index in [0.29, 0.717) is 11.4 Å². The third-order valence-corrected chi connectivity index (χ3v) is 2.88. The Bertz CT molecular complexity index is 690. The zero-order valence-electron chi connectivity index (χ0n) is 11.3. The Morgan fingerprint density at radius 2 is 1.67 bits per heavy atom. The first kappa shape index (κ1) is 13.3. The van der Waals surface area contributed by atoms with E-state index >= 15 is 0 Å². The van der Waals surface area contributed by atoms with Gasteiger partial charge in [-0.15, -0.1) is 0 Å². The van der Waals surface area contributed by atoms with Crippen molar-refractivity contribution in [3.05, 3.63) is 72.5 Å². The van der Waals surface area contributed by atoms with Crippen LogP contribution in [0.4, 0.5) is 11.6 Å². The van der Waals surface area contributed by atoms with E-state index in [4.69, 9.17) is 14.3 Å². The Labute approximate surface area is 122 Å². The Kier molecular flexibility index (Phi) is 3.89. The van der Waals surface area contributed by atoms with Crippen molar-refractivity contribution in [2.24, 2.45) is 0 Å². The molecule has 4 heteroatoms. The maximum absolute atomic E-state index is 8.98. The van der Waals surface area contributed by atoms with E-state index in [-0.39, 0.29) is 6.61 Å². The minimum Gasteiger partial charge on any atom is -0.457 e. The standard InChI is InChI=1S/C17H14NO3/c19-11-13-10-17(20-12-13)18-14-6-8-16(9-7-14)21-15-4-2-1-3-5-15/h1-10,12,19H,11H2. The van der Waals surface area contributed by atoms with Crippen molar-refractivity contribution in [2.45, 2.75) is 6.61 Å². The van der Waals surface area contributed by atoms with E-state index in [0.717, 1.165) is 17.2 Å². The highest BCUT2D eigenvalue weighted by molar-refractivity contribution is 5.47. The molecule has 0 saturated heterocycles. The van der Waals surface area contributed by atoms with Gasteiger partial charge in [-0.1, -0.05) is 18.2 Å². The molecule has 21 heavy (non-hydrogen) atoms. The highest BCUT2D eigenvalue weighted by Crippen LogP contribution is 2.25. The summed E-state index contributed by atoms with van der Waals surface area (Å²) < 4.78 is 10.9. The zero-order valence-corrected chi connectivity index (χ0v) is 11.3. The molecule has 1 aromatic heterocycles. The normalized spacial score (nSPS) is 10.3. The molecule has 0 fully saturated rings. The summed E-state index contributed by atoms with van der Waals surface area (Å²) in [5.74, 6) is 2.01. The first-order chi connectivity index (χ1) is 10.3. The molecule has 3 aromatic rings. The van der Waals surface area contributed by atoms with Gasteiger partial charge < -0.3 is 14.3 Å². The molecule has 0 spiro atoms. The average molecular weight is 280 g/mol. The van der Waals surface area contributed by atoms with Gasteiger partial charge in [-0.3, -0.25) is 0 Å². The monoisotopic (exact) mass is 280 g/mol. The Morgan fingerprint density at radius 3 is 2.33 bits per heavy atom. The van der Waals surface area contributed by atoms with Crippen LogP contribution in [-0.2, 0) is 6.61 Å². The lowest BCUT2D eigenvalue weighted by atomic mass is 10.3. The lowest BCUT2D eigenvalue weighted by Gasteiger charge is -2.06. The number of rotatable bonds is 5. The summed E-state index contributed by atoms with van der Waals surface area (Å²) in [5, 5.41) is 13.3. The van der Waals surface area contributed by atoms with Crippen LogP contribution < -0.4 is 10.1 Å². The Morgan fingerprint density at radius 1 is 0.952 bits per heavy atom. The molecule has 0 aliphatic heterocycles. The molecule has 1 N–H and O–H groups in total. The van der Waals surface area contributed by atoms with Gasteiger partial charge in [0.2, 0.25) is 5.88 Å². The van der Waals surface area contributed by atoms with Crippen LogP contribution in [0.2, 0.25) is 0 Å². The van der Waals surface area contributed by atoms with Gasteiger partial charge in [-0.2, -0.15) is 0 Å². The van der Waals surface area contributed by atoms with E-state index in [1.54, 1.807) is 6.07 Å². The maximum Gasteiger partial charge on any atom is 0.219 e. The summed E-state index contributed by atoms with van der Waals surface area (Å²) >= 11 is 0. The number of aliphatic hydroxyl groups excluding tert-OH is 1. The van der Waals surface area contributed by atoms with Crippen LogP contribution in [0.3, 0.4) is 0 Å². The van der Waals surface area contributed by atoms with Crippen molar-refractivity contribution < 1.29 is 14.3 Å². The number of para-hydroxylation sites is 1. The van der Waals surface area contributed by atoms with Gasteiger partial charge in [0, 0.05) is 11.6 Å². The molecular weight excluding hydrogens is 266 g/mol. The van der Waals surface area contributed by atoms with Crippen molar-refractivity contribution in [3.63, 3.8) is 0 Å². The van der Waals surface area contributed by atoms with Crippen LogP contribution in [0, 0.1) is 0 Å². The summed E-state index contributed by atoms with van der Waals surface area (Å²) in [5.41, 5.74) is 1.46. The molecule has 105 valence electrons. The SMILES string of the molecule is OCc1coc([N]c2ccc(Oc3ccccc3)cc2)c1. The number of ether oxygens (including phenoxy) is 1. The van der Waals surface area contributed by atoms with Crippen LogP contribution in [-0.4, -0.2) is 5.11 Å². The Balaban J connectivity index is 1.66. The average Bonchev–Trinajstić information content (AvgIpc) is 2.98. The minimum absolute atomic E-state index is 0.0527. The molecule has 1 heterocycles. The number of hydrogen-bond acceptors (Lipinski definition) is 3. The molecule has 3 rings (SSSR count). The van der Waals surface area contributed by atoms with Gasteiger partial charge in [-0.05, 0) is 36.4 Å². The molecule has 0 aliphatic rings. The number of hydrogen-bond donors (Lipinski definition) is 1. The van der Waals surface area contributed by atoms with Crippen LogP contribution >= 0.6 is 0 Å². The van der Waals surface area contributed by atoms with Crippen molar-refractivity contribution in [1.82, 2.24) is 5.32 Å². The summed E-state index contributed by atoms with van der Waals surface area (Å²) in [6, 6.07) is 18.7.